The van der Waals surface area contributed by atoms with E-state index in [-0.39, 0.29) is 11.4 Å². The van der Waals surface area contributed by atoms with Gasteiger partial charge in [0.15, 0.2) is 5.82 Å². The Balaban J connectivity index is 1.51. The van der Waals surface area contributed by atoms with Gasteiger partial charge in [-0.3, -0.25) is 4.98 Å². The summed E-state index contributed by atoms with van der Waals surface area (Å²) in [4.78, 5) is 9.24. The minimum absolute atomic E-state index is 0.0133. The van der Waals surface area contributed by atoms with E-state index in [9.17, 15) is 17.6 Å². The molecule has 0 saturated carbocycles. The Morgan fingerprint density at radius 3 is 2.40 bits per heavy atom. The van der Waals surface area contributed by atoms with Crippen LogP contribution < -0.4 is 5.32 Å². The monoisotopic (exact) mass is 461 g/mol. The summed E-state index contributed by atoms with van der Waals surface area (Å²) >= 11 is 11.4. The maximum absolute atomic E-state index is 14.1. The quantitative estimate of drug-likeness (QED) is 0.530. The number of hydrogen-bond acceptors (Lipinski definition) is 5. The van der Waals surface area contributed by atoms with Crippen LogP contribution in [0.5, 0.6) is 0 Å². The van der Waals surface area contributed by atoms with E-state index >= 15 is 0 Å². The predicted octanol–water partition coefficient (Wildman–Crippen LogP) is 4.44. The van der Waals surface area contributed by atoms with Crippen molar-refractivity contribution >= 4 is 28.9 Å². The molecule has 5 nitrogen and oxygen atoms in total. The molecule has 1 atom stereocenters. The lowest BCUT2D eigenvalue weighted by Crippen LogP contribution is -2.56. The zero-order valence-corrected chi connectivity index (χ0v) is 16.6. The molecule has 0 aliphatic carbocycles. The van der Waals surface area contributed by atoms with Crippen LogP contribution in [0.1, 0.15) is 28.8 Å². The summed E-state index contributed by atoms with van der Waals surface area (Å²) in [5.74, 6) is -1.00. The number of pyridine rings is 1. The normalized spacial score (nSPS) is 24.4. The van der Waals surface area contributed by atoms with Gasteiger partial charge in [0, 0.05) is 30.4 Å². The Kier molecular flexibility index (Phi) is 4.35. The fourth-order valence-corrected chi connectivity index (χ4v) is 4.44. The second-order valence-electron chi connectivity index (χ2n) is 7.50. The van der Waals surface area contributed by atoms with E-state index in [4.69, 9.17) is 32.8 Å². The highest BCUT2D eigenvalue weighted by Crippen LogP contribution is 2.50. The van der Waals surface area contributed by atoms with Crippen molar-refractivity contribution in [1.82, 2.24) is 10.3 Å². The third kappa shape index (κ3) is 2.76. The topological polar surface area (TPSA) is 55.7 Å². The number of nitrogens with one attached hydrogen (secondary N) is 1. The molecule has 1 unspecified atom stereocenters. The number of aromatic nitrogens is 1. The number of rotatable bonds is 2. The number of fused-ring (bicyclic) bond motifs is 2. The minimum atomic E-state index is -4.87. The molecule has 11 heteroatoms. The Morgan fingerprint density at radius 1 is 1.10 bits per heavy atom. The van der Waals surface area contributed by atoms with Gasteiger partial charge in [0.05, 0.1) is 28.8 Å². The van der Waals surface area contributed by atoms with E-state index in [1.807, 2.05) is 0 Å². The highest BCUT2D eigenvalue weighted by molar-refractivity contribution is 6.35. The molecule has 1 aromatic carbocycles. The summed E-state index contributed by atoms with van der Waals surface area (Å²) in [7, 11) is 0. The van der Waals surface area contributed by atoms with Gasteiger partial charge in [-0.2, -0.15) is 13.2 Å². The fraction of sp³-hybridized carbons (Fsp3) is 0.368. The van der Waals surface area contributed by atoms with Crippen molar-refractivity contribution in [1.29, 1.82) is 0 Å². The summed E-state index contributed by atoms with van der Waals surface area (Å²) < 4.78 is 61.9. The number of ether oxygens (including phenoxy) is 1. The maximum Gasteiger partial charge on any atom is 0.435 e. The van der Waals surface area contributed by atoms with Crippen LogP contribution in [-0.2, 0) is 27.4 Å². The van der Waals surface area contributed by atoms with E-state index in [0.717, 1.165) is 23.3 Å². The van der Waals surface area contributed by atoms with Gasteiger partial charge in [0.1, 0.15) is 11.3 Å². The lowest BCUT2D eigenvalue weighted by molar-refractivity contribution is -0.275. The first-order chi connectivity index (χ1) is 14.2. The molecule has 5 rings (SSSR count). The maximum atomic E-state index is 14.1. The van der Waals surface area contributed by atoms with Gasteiger partial charge in [0.2, 0.25) is 0 Å². The largest absolute Gasteiger partial charge is 0.435 e. The predicted molar refractivity (Wildman–Crippen MR) is 100.0 cm³/mol. The molecule has 1 N–H and O–H groups in total. The van der Waals surface area contributed by atoms with Gasteiger partial charge in [-0.05, 0) is 23.8 Å². The molecule has 1 saturated heterocycles. The van der Waals surface area contributed by atoms with Crippen LogP contribution in [-0.4, -0.2) is 30.0 Å². The second-order valence-corrected chi connectivity index (χ2v) is 8.31. The molecule has 3 aliphatic heterocycles. The SMILES string of the molecule is Fc1c(Cl)cc(C2(C(F)(F)F)CC(c3cc4c(cn3)C3(CNC3)OC4)=NO2)cc1Cl. The Bertz CT molecular complexity index is 1060. The van der Waals surface area contributed by atoms with Crippen molar-refractivity contribution in [3.8, 4) is 0 Å². The lowest BCUT2D eigenvalue weighted by Gasteiger charge is -2.38. The molecule has 1 aromatic heterocycles. The molecule has 0 radical (unpaired) electrons. The zero-order valence-electron chi connectivity index (χ0n) is 15.1. The average Bonchev–Trinajstić information content (AvgIpc) is 3.27. The molecule has 1 spiro atoms. The molecule has 158 valence electrons. The molecular formula is C19H13Cl2F4N3O2. The molecule has 3 aliphatic rings. The van der Waals surface area contributed by atoms with Crippen molar-refractivity contribution in [3.63, 3.8) is 0 Å². The van der Waals surface area contributed by atoms with Crippen LogP contribution in [0.15, 0.2) is 29.6 Å². The molecule has 1 fully saturated rings. The summed E-state index contributed by atoms with van der Waals surface area (Å²) in [5, 5.41) is 5.75. The third-order valence-corrected chi connectivity index (χ3v) is 6.29. The highest BCUT2D eigenvalue weighted by Gasteiger charge is 2.62. The van der Waals surface area contributed by atoms with Gasteiger partial charge in [-0.1, -0.05) is 28.4 Å². The van der Waals surface area contributed by atoms with Crippen LogP contribution in [0.2, 0.25) is 10.0 Å². The van der Waals surface area contributed by atoms with E-state index in [0.29, 0.717) is 19.7 Å². The first-order valence-electron chi connectivity index (χ1n) is 8.96. The summed E-state index contributed by atoms with van der Waals surface area (Å²) in [6.07, 6.45) is -3.92. The molecule has 30 heavy (non-hydrogen) atoms. The van der Waals surface area contributed by atoms with E-state index in [1.165, 1.54) is 0 Å². The number of oxime groups is 1. The lowest BCUT2D eigenvalue weighted by atomic mass is 9.86. The van der Waals surface area contributed by atoms with Crippen LogP contribution in [0.3, 0.4) is 0 Å². The Labute approximate surface area is 178 Å². The van der Waals surface area contributed by atoms with Crippen LogP contribution in [0.25, 0.3) is 0 Å². The van der Waals surface area contributed by atoms with Crippen LogP contribution in [0.4, 0.5) is 17.6 Å². The van der Waals surface area contributed by atoms with Crippen LogP contribution >= 0.6 is 23.2 Å². The molecule has 0 bridgehead atoms. The molecule has 4 heterocycles. The average molecular weight is 462 g/mol. The van der Waals surface area contributed by atoms with Gasteiger partial charge in [-0.25, -0.2) is 4.39 Å². The number of alkyl halides is 3. The number of benzene rings is 1. The van der Waals surface area contributed by atoms with Gasteiger partial charge >= 0.3 is 6.18 Å². The summed E-state index contributed by atoms with van der Waals surface area (Å²) in [6, 6.07) is 3.37. The third-order valence-electron chi connectivity index (χ3n) is 5.74. The van der Waals surface area contributed by atoms with Gasteiger partial charge < -0.3 is 14.9 Å². The van der Waals surface area contributed by atoms with Crippen molar-refractivity contribution in [2.45, 2.75) is 30.4 Å². The van der Waals surface area contributed by atoms with E-state index in [1.54, 1.807) is 12.3 Å². The molecule has 0 amide bonds. The first kappa shape index (κ1) is 20.0. The highest BCUT2D eigenvalue weighted by atomic mass is 35.5. The Morgan fingerprint density at radius 2 is 1.80 bits per heavy atom. The van der Waals surface area contributed by atoms with Crippen molar-refractivity contribution in [3.05, 3.63) is 62.6 Å². The minimum Gasteiger partial charge on any atom is -0.374 e. The van der Waals surface area contributed by atoms with Crippen molar-refractivity contribution in [2.75, 3.05) is 13.1 Å². The van der Waals surface area contributed by atoms with E-state index in [2.05, 4.69) is 15.5 Å². The fourth-order valence-electron chi connectivity index (χ4n) is 3.95. The second kappa shape index (κ2) is 6.53. The van der Waals surface area contributed by atoms with Gasteiger partial charge in [0.25, 0.3) is 5.60 Å². The standard InChI is InChI=1S/C19H13Cl2F4N3O2/c20-12-2-10(3-13(21)16(12)22)18(19(23,24)25)4-15(28-30-18)14-1-9-6-29-17(7-26-8-17)11(9)5-27-14/h1-3,5,26H,4,6-8H2. The number of hydrogen-bond donors (Lipinski definition) is 1. The Hall–Kier alpha value is -1.94. The van der Waals surface area contributed by atoms with Crippen LogP contribution in [0, 0.1) is 5.82 Å². The number of nitrogens with zero attached hydrogens (tertiary/aromatic N) is 2. The molecular weight excluding hydrogens is 449 g/mol. The van der Waals surface area contributed by atoms with E-state index < -0.39 is 45.2 Å². The van der Waals surface area contributed by atoms with Crippen molar-refractivity contribution < 1.29 is 27.1 Å². The number of halogens is 6. The molecule has 2 aromatic rings. The zero-order chi connectivity index (χ0) is 21.3. The summed E-state index contributed by atoms with van der Waals surface area (Å²) in [6.45, 7) is 1.66. The van der Waals surface area contributed by atoms with Gasteiger partial charge in [-0.15, -0.1) is 0 Å². The first-order valence-corrected chi connectivity index (χ1v) is 9.72. The van der Waals surface area contributed by atoms with Crippen molar-refractivity contribution in [2.24, 2.45) is 5.16 Å². The smallest absolute Gasteiger partial charge is 0.374 e. The summed E-state index contributed by atoms with van der Waals surface area (Å²) in [5.41, 5.74) is -1.66.